The standard InChI is InChI=1S/C13H21NO4/c1-9-8-10(13(16)17)5-6-14(9)12(15)11-4-2-3-7-18-11/h9-11H,2-8H2,1H3,(H,16,17). The summed E-state index contributed by atoms with van der Waals surface area (Å²) in [6, 6.07) is -0.00197. The van der Waals surface area contributed by atoms with Crippen LogP contribution >= 0.6 is 0 Å². The van der Waals surface area contributed by atoms with Gasteiger partial charge in [-0.3, -0.25) is 9.59 Å². The first-order valence-electron chi connectivity index (χ1n) is 6.74. The minimum atomic E-state index is -0.747. The van der Waals surface area contributed by atoms with Crippen LogP contribution in [-0.2, 0) is 14.3 Å². The van der Waals surface area contributed by atoms with E-state index in [1.54, 1.807) is 4.90 Å². The molecule has 2 saturated heterocycles. The van der Waals surface area contributed by atoms with Gasteiger partial charge in [-0.05, 0) is 39.0 Å². The van der Waals surface area contributed by atoms with Crippen molar-refractivity contribution >= 4 is 11.9 Å². The second-order valence-electron chi connectivity index (χ2n) is 5.30. The van der Waals surface area contributed by atoms with Gasteiger partial charge in [0.25, 0.3) is 5.91 Å². The van der Waals surface area contributed by atoms with Crippen molar-refractivity contribution in [3.05, 3.63) is 0 Å². The number of carboxylic acid groups (broad SMARTS) is 1. The van der Waals surface area contributed by atoms with Crippen LogP contribution in [0.15, 0.2) is 0 Å². The van der Waals surface area contributed by atoms with E-state index < -0.39 is 5.97 Å². The molecule has 0 aromatic carbocycles. The van der Waals surface area contributed by atoms with E-state index in [9.17, 15) is 9.59 Å². The zero-order valence-electron chi connectivity index (χ0n) is 10.8. The Morgan fingerprint density at radius 3 is 2.61 bits per heavy atom. The van der Waals surface area contributed by atoms with E-state index in [-0.39, 0.29) is 24.0 Å². The SMILES string of the molecule is CC1CC(C(=O)O)CCN1C(=O)C1CCCCO1. The van der Waals surface area contributed by atoms with Crippen LogP contribution < -0.4 is 0 Å². The maximum atomic E-state index is 12.3. The lowest BCUT2D eigenvalue weighted by molar-refractivity contribution is -0.154. The van der Waals surface area contributed by atoms with Crippen LogP contribution in [0.2, 0.25) is 0 Å². The maximum absolute atomic E-state index is 12.3. The molecule has 3 atom stereocenters. The first-order chi connectivity index (χ1) is 8.59. The first kappa shape index (κ1) is 13.3. The van der Waals surface area contributed by atoms with Gasteiger partial charge in [0.1, 0.15) is 6.10 Å². The second kappa shape index (κ2) is 5.69. The van der Waals surface area contributed by atoms with Gasteiger partial charge in [0, 0.05) is 19.2 Å². The van der Waals surface area contributed by atoms with Crippen LogP contribution in [-0.4, -0.2) is 47.2 Å². The predicted molar refractivity (Wildman–Crippen MR) is 65.1 cm³/mol. The van der Waals surface area contributed by atoms with Crippen molar-refractivity contribution in [1.29, 1.82) is 0 Å². The zero-order chi connectivity index (χ0) is 13.1. The molecular weight excluding hydrogens is 234 g/mol. The minimum absolute atomic E-state index is 0.00197. The average Bonchev–Trinajstić information content (AvgIpc) is 2.38. The number of piperidine rings is 1. The molecule has 18 heavy (non-hydrogen) atoms. The van der Waals surface area contributed by atoms with E-state index >= 15 is 0 Å². The molecule has 0 saturated carbocycles. The van der Waals surface area contributed by atoms with E-state index in [0.29, 0.717) is 26.0 Å². The molecule has 2 heterocycles. The molecule has 2 rings (SSSR count). The van der Waals surface area contributed by atoms with E-state index in [4.69, 9.17) is 9.84 Å². The zero-order valence-corrected chi connectivity index (χ0v) is 10.8. The molecule has 1 amide bonds. The van der Waals surface area contributed by atoms with Crippen LogP contribution in [0.3, 0.4) is 0 Å². The van der Waals surface area contributed by atoms with Gasteiger partial charge < -0.3 is 14.7 Å². The molecule has 0 aliphatic carbocycles. The lowest BCUT2D eigenvalue weighted by Crippen LogP contribution is -2.50. The Morgan fingerprint density at radius 2 is 2.06 bits per heavy atom. The van der Waals surface area contributed by atoms with Crippen LogP contribution in [0.25, 0.3) is 0 Å². The summed E-state index contributed by atoms with van der Waals surface area (Å²) in [7, 11) is 0. The number of amides is 1. The van der Waals surface area contributed by atoms with Crippen molar-refractivity contribution in [3.63, 3.8) is 0 Å². The van der Waals surface area contributed by atoms with Gasteiger partial charge in [-0.15, -0.1) is 0 Å². The van der Waals surface area contributed by atoms with E-state index in [1.165, 1.54) is 0 Å². The van der Waals surface area contributed by atoms with Gasteiger partial charge in [0.2, 0.25) is 0 Å². The average molecular weight is 255 g/mol. The van der Waals surface area contributed by atoms with Gasteiger partial charge in [-0.25, -0.2) is 0 Å². The van der Waals surface area contributed by atoms with Crippen LogP contribution in [0.4, 0.5) is 0 Å². The van der Waals surface area contributed by atoms with Gasteiger partial charge >= 0.3 is 5.97 Å². The number of hydrogen-bond donors (Lipinski definition) is 1. The Morgan fingerprint density at radius 1 is 1.28 bits per heavy atom. The minimum Gasteiger partial charge on any atom is -0.481 e. The number of hydrogen-bond acceptors (Lipinski definition) is 3. The Hall–Kier alpha value is -1.10. The number of ether oxygens (including phenoxy) is 1. The molecule has 0 radical (unpaired) electrons. The Balaban J connectivity index is 1.93. The summed E-state index contributed by atoms with van der Waals surface area (Å²) in [5.41, 5.74) is 0. The molecule has 3 unspecified atom stereocenters. The molecule has 0 spiro atoms. The number of carbonyl (C=O) groups is 2. The number of aliphatic carboxylic acids is 1. The highest BCUT2D eigenvalue weighted by atomic mass is 16.5. The second-order valence-corrected chi connectivity index (χ2v) is 5.30. The summed E-state index contributed by atoms with van der Waals surface area (Å²) >= 11 is 0. The molecular formula is C13H21NO4. The highest BCUT2D eigenvalue weighted by molar-refractivity contribution is 5.81. The number of carboxylic acids is 1. The van der Waals surface area contributed by atoms with Crippen molar-refractivity contribution in [1.82, 2.24) is 4.90 Å². The highest BCUT2D eigenvalue weighted by Crippen LogP contribution is 2.25. The van der Waals surface area contributed by atoms with E-state index in [2.05, 4.69) is 0 Å². The molecule has 2 fully saturated rings. The van der Waals surface area contributed by atoms with Crippen LogP contribution in [0.1, 0.15) is 39.0 Å². The fourth-order valence-corrected chi connectivity index (χ4v) is 2.84. The van der Waals surface area contributed by atoms with Crippen molar-refractivity contribution in [2.75, 3.05) is 13.2 Å². The Bertz CT molecular complexity index is 325. The third kappa shape index (κ3) is 2.83. The van der Waals surface area contributed by atoms with Gasteiger partial charge in [0.15, 0.2) is 0 Å². The lowest BCUT2D eigenvalue weighted by Gasteiger charge is -2.38. The van der Waals surface area contributed by atoms with Crippen molar-refractivity contribution in [2.24, 2.45) is 5.92 Å². The smallest absolute Gasteiger partial charge is 0.306 e. The summed E-state index contributed by atoms with van der Waals surface area (Å²) in [6.45, 7) is 3.13. The quantitative estimate of drug-likeness (QED) is 0.807. The molecule has 0 aromatic rings. The summed E-state index contributed by atoms with van der Waals surface area (Å²) in [5.74, 6) is -1.01. The number of likely N-dealkylation sites (tertiary alicyclic amines) is 1. The van der Waals surface area contributed by atoms with Crippen molar-refractivity contribution < 1.29 is 19.4 Å². The van der Waals surface area contributed by atoms with Crippen molar-refractivity contribution in [3.8, 4) is 0 Å². The van der Waals surface area contributed by atoms with Crippen LogP contribution in [0.5, 0.6) is 0 Å². The normalized spacial score (nSPS) is 33.2. The molecule has 2 aliphatic heterocycles. The molecule has 2 aliphatic rings. The number of nitrogens with zero attached hydrogens (tertiary/aromatic N) is 1. The van der Waals surface area contributed by atoms with E-state index in [0.717, 1.165) is 19.3 Å². The lowest BCUT2D eigenvalue weighted by atomic mass is 9.91. The highest BCUT2D eigenvalue weighted by Gasteiger charge is 2.35. The summed E-state index contributed by atoms with van der Waals surface area (Å²) < 4.78 is 5.51. The predicted octanol–water partition coefficient (Wildman–Crippen LogP) is 1.27. The number of carbonyl (C=O) groups excluding carboxylic acids is 1. The largest absolute Gasteiger partial charge is 0.481 e. The first-order valence-corrected chi connectivity index (χ1v) is 6.74. The summed E-state index contributed by atoms with van der Waals surface area (Å²) in [4.78, 5) is 25.0. The Kier molecular flexibility index (Phi) is 4.22. The van der Waals surface area contributed by atoms with Crippen LogP contribution in [0, 0.1) is 5.92 Å². The topological polar surface area (TPSA) is 66.8 Å². The monoisotopic (exact) mass is 255 g/mol. The molecule has 0 aromatic heterocycles. The number of rotatable bonds is 2. The van der Waals surface area contributed by atoms with E-state index in [1.807, 2.05) is 6.92 Å². The molecule has 102 valence electrons. The van der Waals surface area contributed by atoms with Gasteiger partial charge in [0.05, 0.1) is 5.92 Å². The molecule has 0 bridgehead atoms. The summed E-state index contributed by atoms with van der Waals surface area (Å²) in [6.07, 6.45) is 3.66. The fourth-order valence-electron chi connectivity index (χ4n) is 2.84. The summed E-state index contributed by atoms with van der Waals surface area (Å²) in [5, 5.41) is 9.00. The van der Waals surface area contributed by atoms with Gasteiger partial charge in [-0.1, -0.05) is 0 Å². The van der Waals surface area contributed by atoms with Gasteiger partial charge in [-0.2, -0.15) is 0 Å². The maximum Gasteiger partial charge on any atom is 0.306 e. The fraction of sp³-hybridized carbons (Fsp3) is 0.846. The Labute approximate surface area is 107 Å². The third-order valence-corrected chi connectivity index (χ3v) is 3.96. The molecule has 1 N–H and O–H groups in total. The third-order valence-electron chi connectivity index (χ3n) is 3.96. The molecule has 5 heteroatoms. The molecule has 5 nitrogen and oxygen atoms in total. The van der Waals surface area contributed by atoms with Crippen molar-refractivity contribution in [2.45, 2.75) is 51.2 Å².